The van der Waals surface area contributed by atoms with Crippen molar-refractivity contribution in [3.63, 3.8) is 0 Å². The molecule has 0 aliphatic rings. The number of aromatic nitrogens is 2. The summed E-state index contributed by atoms with van der Waals surface area (Å²) in [4.78, 5) is 7.97. The highest BCUT2D eigenvalue weighted by Crippen LogP contribution is 2.28. The van der Waals surface area contributed by atoms with Gasteiger partial charge in [-0.2, -0.15) is 0 Å². The summed E-state index contributed by atoms with van der Waals surface area (Å²) in [5.41, 5.74) is 0.859. The van der Waals surface area contributed by atoms with E-state index in [0.29, 0.717) is 5.02 Å². The van der Waals surface area contributed by atoms with E-state index >= 15 is 0 Å². The zero-order valence-electron chi connectivity index (χ0n) is 5.96. The lowest BCUT2D eigenvalue weighted by molar-refractivity contribution is 1.22. The summed E-state index contributed by atoms with van der Waals surface area (Å²) in [7, 11) is 0. The van der Waals surface area contributed by atoms with E-state index in [4.69, 9.17) is 11.6 Å². The average Bonchev–Trinajstić information content (AvgIpc) is 2.12. The summed E-state index contributed by atoms with van der Waals surface area (Å²) >= 11 is 9.33. The Morgan fingerprint density at radius 3 is 3.00 bits per heavy atom. The molecule has 1 heterocycles. The molecule has 0 N–H and O–H groups in total. The van der Waals surface area contributed by atoms with Gasteiger partial charge in [0.1, 0.15) is 6.33 Å². The van der Waals surface area contributed by atoms with Crippen molar-refractivity contribution in [2.45, 2.75) is 0 Å². The second-order valence-corrected chi connectivity index (χ2v) is 3.55. The van der Waals surface area contributed by atoms with Crippen molar-refractivity contribution >= 4 is 38.4 Å². The lowest BCUT2D eigenvalue weighted by atomic mass is 10.2. The lowest BCUT2D eigenvalue weighted by Crippen LogP contribution is -1.81. The van der Waals surface area contributed by atoms with Crippen LogP contribution in [0.2, 0.25) is 5.02 Å². The smallest absolute Gasteiger partial charge is 0.116 e. The summed E-state index contributed by atoms with van der Waals surface area (Å²) < 4.78 is 0.867. The van der Waals surface area contributed by atoms with Crippen molar-refractivity contribution < 1.29 is 0 Å². The fourth-order valence-corrected chi connectivity index (χ4v) is 1.55. The Bertz CT molecular complexity index is 430. The fraction of sp³-hybridized carbons (Fsp3) is 0. The van der Waals surface area contributed by atoms with Crippen LogP contribution in [-0.4, -0.2) is 9.97 Å². The molecule has 0 bridgehead atoms. The molecule has 0 aliphatic heterocycles. The molecule has 0 aliphatic carbocycles. The maximum atomic E-state index is 6.00. The van der Waals surface area contributed by atoms with Crippen LogP contribution >= 0.6 is 27.5 Å². The first-order valence-corrected chi connectivity index (χ1v) is 4.50. The lowest BCUT2D eigenvalue weighted by Gasteiger charge is -1.99. The average molecular weight is 243 g/mol. The van der Waals surface area contributed by atoms with Crippen LogP contribution in [0.5, 0.6) is 0 Å². The van der Waals surface area contributed by atoms with E-state index in [2.05, 4.69) is 25.9 Å². The van der Waals surface area contributed by atoms with Crippen LogP contribution in [0, 0.1) is 0 Å². The number of fused-ring (bicyclic) bond motifs is 1. The first-order valence-electron chi connectivity index (χ1n) is 3.33. The molecule has 60 valence electrons. The van der Waals surface area contributed by atoms with E-state index in [1.165, 1.54) is 6.33 Å². The standard InChI is InChI=1S/C8H4BrClN2/c9-6-1-2-7-5(8(6)10)3-11-4-12-7/h1-4H. The minimum atomic E-state index is 0.660. The molecule has 1 aromatic carbocycles. The van der Waals surface area contributed by atoms with Crippen LogP contribution in [0.4, 0.5) is 0 Å². The SMILES string of the molecule is Clc1c(Br)ccc2ncncc12. The predicted molar refractivity (Wildman–Crippen MR) is 52.2 cm³/mol. The van der Waals surface area contributed by atoms with Crippen LogP contribution in [0.25, 0.3) is 10.9 Å². The zero-order valence-corrected chi connectivity index (χ0v) is 8.30. The van der Waals surface area contributed by atoms with E-state index in [1.54, 1.807) is 6.20 Å². The first kappa shape index (κ1) is 7.95. The highest BCUT2D eigenvalue weighted by atomic mass is 79.9. The molecule has 0 fully saturated rings. The molecule has 0 unspecified atom stereocenters. The van der Waals surface area contributed by atoms with Gasteiger partial charge < -0.3 is 0 Å². The monoisotopic (exact) mass is 242 g/mol. The second kappa shape index (κ2) is 2.99. The minimum absolute atomic E-state index is 0.660. The molecule has 0 spiro atoms. The largest absolute Gasteiger partial charge is 0.244 e. The quantitative estimate of drug-likeness (QED) is 0.711. The van der Waals surface area contributed by atoms with Gasteiger partial charge in [0.05, 0.1) is 10.5 Å². The number of halogens is 2. The molecule has 0 atom stereocenters. The molecule has 2 nitrogen and oxygen atoms in total. The van der Waals surface area contributed by atoms with Gasteiger partial charge in [-0.15, -0.1) is 0 Å². The Labute approximate surface area is 82.7 Å². The van der Waals surface area contributed by atoms with E-state index in [9.17, 15) is 0 Å². The molecule has 2 rings (SSSR count). The number of hydrogen-bond acceptors (Lipinski definition) is 2. The summed E-state index contributed by atoms with van der Waals surface area (Å²) in [5, 5.41) is 1.53. The minimum Gasteiger partial charge on any atom is -0.244 e. The van der Waals surface area contributed by atoms with E-state index < -0.39 is 0 Å². The molecule has 1 aromatic heterocycles. The van der Waals surface area contributed by atoms with Crippen molar-refractivity contribution in [1.29, 1.82) is 0 Å². The van der Waals surface area contributed by atoms with Crippen LogP contribution in [0.1, 0.15) is 0 Å². The van der Waals surface area contributed by atoms with Gasteiger partial charge in [-0.25, -0.2) is 9.97 Å². The van der Waals surface area contributed by atoms with Gasteiger partial charge in [0.15, 0.2) is 0 Å². The maximum absolute atomic E-state index is 6.00. The Balaban J connectivity index is 2.91. The molecule has 4 heteroatoms. The van der Waals surface area contributed by atoms with Crippen LogP contribution in [0.15, 0.2) is 29.1 Å². The third-order valence-electron chi connectivity index (χ3n) is 1.58. The Kier molecular flexibility index (Phi) is 1.98. The van der Waals surface area contributed by atoms with Crippen LogP contribution < -0.4 is 0 Å². The van der Waals surface area contributed by atoms with Crippen molar-refractivity contribution in [3.05, 3.63) is 34.2 Å². The first-order chi connectivity index (χ1) is 5.79. The second-order valence-electron chi connectivity index (χ2n) is 2.32. The number of hydrogen-bond donors (Lipinski definition) is 0. The highest BCUT2D eigenvalue weighted by molar-refractivity contribution is 9.10. The normalized spacial score (nSPS) is 10.5. The molecule has 0 radical (unpaired) electrons. The number of rotatable bonds is 0. The van der Waals surface area contributed by atoms with Gasteiger partial charge in [-0.05, 0) is 28.1 Å². The van der Waals surface area contributed by atoms with Crippen molar-refractivity contribution in [2.75, 3.05) is 0 Å². The molecule has 2 aromatic rings. The summed E-state index contributed by atoms with van der Waals surface area (Å²) in [6, 6.07) is 3.77. The highest BCUT2D eigenvalue weighted by Gasteiger charge is 2.02. The van der Waals surface area contributed by atoms with E-state index in [0.717, 1.165) is 15.4 Å². The maximum Gasteiger partial charge on any atom is 0.116 e. The molecule has 12 heavy (non-hydrogen) atoms. The van der Waals surface area contributed by atoms with Crippen molar-refractivity contribution in [2.24, 2.45) is 0 Å². The van der Waals surface area contributed by atoms with Gasteiger partial charge in [0.25, 0.3) is 0 Å². The van der Waals surface area contributed by atoms with Crippen LogP contribution in [0.3, 0.4) is 0 Å². The molecular formula is C8H4BrClN2. The summed E-state index contributed by atoms with van der Waals surface area (Å²) in [5.74, 6) is 0. The summed E-state index contributed by atoms with van der Waals surface area (Å²) in [6.45, 7) is 0. The van der Waals surface area contributed by atoms with E-state index in [-0.39, 0.29) is 0 Å². The van der Waals surface area contributed by atoms with Gasteiger partial charge in [0, 0.05) is 16.1 Å². The predicted octanol–water partition coefficient (Wildman–Crippen LogP) is 3.05. The van der Waals surface area contributed by atoms with Crippen molar-refractivity contribution in [1.82, 2.24) is 9.97 Å². The summed E-state index contributed by atoms with van der Waals surface area (Å²) in [6.07, 6.45) is 3.21. The molecule has 0 saturated carbocycles. The third-order valence-corrected chi connectivity index (χ3v) is 2.87. The molecule has 0 saturated heterocycles. The number of nitrogens with zero attached hydrogens (tertiary/aromatic N) is 2. The topological polar surface area (TPSA) is 25.8 Å². The van der Waals surface area contributed by atoms with Gasteiger partial charge in [-0.3, -0.25) is 0 Å². The van der Waals surface area contributed by atoms with Gasteiger partial charge >= 0.3 is 0 Å². The zero-order chi connectivity index (χ0) is 8.55. The molecular weight excluding hydrogens is 239 g/mol. The van der Waals surface area contributed by atoms with E-state index in [1.807, 2.05) is 12.1 Å². The van der Waals surface area contributed by atoms with Crippen molar-refractivity contribution in [3.8, 4) is 0 Å². The Hall–Kier alpha value is -0.670. The van der Waals surface area contributed by atoms with Crippen LogP contribution in [-0.2, 0) is 0 Å². The Morgan fingerprint density at radius 1 is 1.33 bits per heavy atom. The molecule has 0 amide bonds. The van der Waals surface area contributed by atoms with Gasteiger partial charge in [-0.1, -0.05) is 11.6 Å². The number of benzene rings is 1. The third kappa shape index (κ3) is 1.19. The fourth-order valence-electron chi connectivity index (χ4n) is 0.995. The van der Waals surface area contributed by atoms with Gasteiger partial charge in [0.2, 0.25) is 0 Å². The Morgan fingerprint density at radius 2 is 2.17 bits per heavy atom.